The fraction of sp³-hybridized carbons (Fsp3) is 0.833. The Labute approximate surface area is 130 Å². The molecule has 118 valence electrons. The molecule has 20 heavy (non-hydrogen) atoms. The molecule has 0 aliphatic carbocycles. The van der Waals surface area contributed by atoms with Gasteiger partial charge in [0.1, 0.15) is 0 Å². The van der Waals surface area contributed by atoms with Gasteiger partial charge in [0.05, 0.1) is 0 Å². The van der Waals surface area contributed by atoms with E-state index >= 15 is 0 Å². The molecular formula is C12H30O4Si4. The Balaban J connectivity index is 2.37. The average molecular weight is 351 g/mol. The van der Waals surface area contributed by atoms with Gasteiger partial charge in [-0.2, -0.15) is 0 Å². The van der Waals surface area contributed by atoms with Crippen LogP contribution in [-0.2, 0) is 16.5 Å². The summed E-state index contributed by atoms with van der Waals surface area (Å²) in [7, 11) is -6.70. The van der Waals surface area contributed by atoms with Crippen LogP contribution >= 0.6 is 0 Å². The molecule has 0 radical (unpaired) electrons. The van der Waals surface area contributed by atoms with E-state index in [1.54, 1.807) is 0 Å². The highest BCUT2D eigenvalue weighted by atomic mass is 28.5. The predicted octanol–water partition coefficient (Wildman–Crippen LogP) is 2.83. The maximum absolute atomic E-state index is 6.25. The molecular weight excluding hydrogens is 320 g/mol. The summed E-state index contributed by atoms with van der Waals surface area (Å²) in [6, 6.07) is 1.07. The van der Waals surface area contributed by atoms with Gasteiger partial charge >= 0.3 is 8.56 Å². The van der Waals surface area contributed by atoms with E-state index in [2.05, 4.69) is 32.8 Å². The molecule has 0 bridgehead atoms. The lowest BCUT2D eigenvalue weighted by Gasteiger charge is -2.37. The van der Waals surface area contributed by atoms with Crippen molar-refractivity contribution >= 4 is 36.4 Å². The number of unbranched alkanes of at least 4 members (excludes halogenated alkanes) is 4. The first-order valence-electron chi connectivity index (χ1n) is 7.72. The van der Waals surface area contributed by atoms with Gasteiger partial charge in [-0.15, -0.1) is 6.58 Å². The summed E-state index contributed by atoms with van der Waals surface area (Å²) >= 11 is 0. The Hall–Kier alpha value is 0.448. The lowest BCUT2D eigenvalue weighted by molar-refractivity contribution is 0.273. The monoisotopic (exact) mass is 350 g/mol. The van der Waals surface area contributed by atoms with Crippen molar-refractivity contribution in [3.8, 4) is 0 Å². The van der Waals surface area contributed by atoms with Gasteiger partial charge in [0, 0.05) is 0 Å². The number of allylic oxidation sites excluding steroid dienone is 1. The SMILES string of the molecule is C=CCCCCCC[Si]1(C)O[SiH](C)O[SiH](C)O[SiH](C)O1. The molecule has 2 atom stereocenters. The molecule has 0 N–H and O–H groups in total. The zero-order valence-corrected chi connectivity index (χ0v) is 17.9. The second-order valence-electron chi connectivity index (χ2n) is 5.59. The van der Waals surface area contributed by atoms with Gasteiger partial charge in [0.2, 0.25) is 0 Å². The fourth-order valence-electron chi connectivity index (χ4n) is 2.56. The first kappa shape index (κ1) is 18.5. The van der Waals surface area contributed by atoms with Gasteiger partial charge in [-0.1, -0.05) is 25.3 Å². The van der Waals surface area contributed by atoms with Crippen LogP contribution in [0.15, 0.2) is 12.7 Å². The molecule has 0 aromatic heterocycles. The lowest BCUT2D eigenvalue weighted by Crippen LogP contribution is -2.52. The minimum atomic E-state index is -2.07. The van der Waals surface area contributed by atoms with Crippen molar-refractivity contribution in [2.45, 2.75) is 64.3 Å². The molecule has 2 unspecified atom stereocenters. The molecule has 0 aromatic carbocycles. The molecule has 1 heterocycles. The maximum atomic E-state index is 6.25. The smallest absolute Gasteiger partial charge is 0.316 e. The second kappa shape index (κ2) is 9.46. The minimum absolute atomic E-state index is 1.07. The van der Waals surface area contributed by atoms with Crippen LogP contribution in [0.3, 0.4) is 0 Å². The minimum Gasteiger partial charge on any atom is -0.420 e. The molecule has 1 aliphatic heterocycles. The predicted molar refractivity (Wildman–Crippen MR) is 93.1 cm³/mol. The first-order valence-corrected chi connectivity index (χ1v) is 16.5. The van der Waals surface area contributed by atoms with Crippen LogP contribution in [0.25, 0.3) is 0 Å². The van der Waals surface area contributed by atoms with Crippen LogP contribution in [0.5, 0.6) is 0 Å². The molecule has 1 fully saturated rings. The molecule has 1 saturated heterocycles. The molecule has 0 aromatic rings. The van der Waals surface area contributed by atoms with Crippen LogP contribution in [0, 0.1) is 0 Å². The fourth-order valence-corrected chi connectivity index (χ4v) is 17.3. The van der Waals surface area contributed by atoms with Crippen LogP contribution in [-0.4, -0.2) is 36.4 Å². The van der Waals surface area contributed by atoms with Gasteiger partial charge in [-0.25, -0.2) is 0 Å². The van der Waals surface area contributed by atoms with E-state index in [-0.39, 0.29) is 0 Å². The maximum Gasteiger partial charge on any atom is 0.316 e. The lowest BCUT2D eigenvalue weighted by atomic mass is 10.1. The van der Waals surface area contributed by atoms with Crippen molar-refractivity contribution in [2.24, 2.45) is 0 Å². The average Bonchev–Trinajstić information content (AvgIpc) is 2.31. The standard InChI is InChI=1S/C12H30O4Si4/c1-6-7-8-9-10-11-12-20(5)15-18(3)13-17(2)14-19(4)16-20/h6,17-19H,1,7-12H2,2-5H3. The Morgan fingerprint density at radius 2 is 1.45 bits per heavy atom. The summed E-state index contributed by atoms with van der Waals surface area (Å²) in [4.78, 5) is 0. The Morgan fingerprint density at radius 3 is 2.00 bits per heavy atom. The summed E-state index contributed by atoms with van der Waals surface area (Å²) < 4.78 is 24.4. The van der Waals surface area contributed by atoms with E-state index in [9.17, 15) is 0 Å². The highest BCUT2D eigenvalue weighted by Crippen LogP contribution is 2.23. The van der Waals surface area contributed by atoms with Gasteiger partial charge in [-0.3, -0.25) is 0 Å². The first-order chi connectivity index (χ1) is 9.45. The molecule has 1 aliphatic rings. The Morgan fingerprint density at radius 1 is 0.900 bits per heavy atom. The van der Waals surface area contributed by atoms with Crippen LogP contribution in [0.2, 0.25) is 32.2 Å². The third-order valence-corrected chi connectivity index (χ3v) is 17.4. The Bertz CT molecular complexity index is 279. The van der Waals surface area contributed by atoms with E-state index < -0.39 is 36.4 Å². The molecule has 0 amide bonds. The summed E-state index contributed by atoms with van der Waals surface area (Å²) in [5.41, 5.74) is 0. The van der Waals surface area contributed by atoms with Crippen molar-refractivity contribution in [2.75, 3.05) is 0 Å². The third kappa shape index (κ3) is 7.45. The zero-order valence-electron chi connectivity index (χ0n) is 13.4. The molecule has 1 rings (SSSR count). The van der Waals surface area contributed by atoms with E-state index in [4.69, 9.17) is 16.5 Å². The number of hydrogen-bond donors (Lipinski definition) is 0. The normalized spacial score (nSPS) is 35.3. The van der Waals surface area contributed by atoms with Crippen LogP contribution in [0.4, 0.5) is 0 Å². The number of rotatable bonds is 7. The van der Waals surface area contributed by atoms with E-state index in [1.165, 1.54) is 25.7 Å². The summed E-state index contributed by atoms with van der Waals surface area (Å²) in [6.07, 6.45) is 8.08. The van der Waals surface area contributed by atoms with Crippen LogP contribution in [0.1, 0.15) is 32.1 Å². The van der Waals surface area contributed by atoms with Gasteiger partial charge in [0.15, 0.2) is 0 Å². The summed E-state index contributed by atoms with van der Waals surface area (Å²) in [5.74, 6) is 0. The summed E-state index contributed by atoms with van der Waals surface area (Å²) in [6.45, 7) is 12.2. The van der Waals surface area contributed by atoms with Crippen LogP contribution < -0.4 is 0 Å². The third-order valence-electron chi connectivity index (χ3n) is 3.39. The van der Waals surface area contributed by atoms with Crippen molar-refractivity contribution in [3.63, 3.8) is 0 Å². The van der Waals surface area contributed by atoms with Crippen molar-refractivity contribution in [3.05, 3.63) is 12.7 Å². The van der Waals surface area contributed by atoms with E-state index in [1.807, 2.05) is 6.08 Å². The number of hydrogen-bond acceptors (Lipinski definition) is 4. The van der Waals surface area contributed by atoms with Crippen molar-refractivity contribution in [1.29, 1.82) is 0 Å². The van der Waals surface area contributed by atoms with E-state index in [0.29, 0.717) is 0 Å². The highest BCUT2D eigenvalue weighted by molar-refractivity contribution is 6.81. The zero-order chi connectivity index (χ0) is 15.0. The Kier molecular flexibility index (Phi) is 8.75. The molecule has 0 saturated carbocycles. The van der Waals surface area contributed by atoms with E-state index in [0.717, 1.165) is 12.5 Å². The molecule has 4 nitrogen and oxygen atoms in total. The van der Waals surface area contributed by atoms with Crippen molar-refractivity contribution < 1.29 is 16.5 Å². The topological polar surface area (TPSA) is 36.9 Å². The quantitative estimate of drug-likeness (QED) is 0.402. The molecule has 8 heteroatoms. The summed E-state index contributed by atoms with van der Waals surface area (Å²) in [5, 5.41) is 0. The highest BCUT2D eigenvalue weighted by Gasteiger charge is 2.38. The largest absolute Gasteiger partial charge is 0.420 e. The van der Waals surface area contributed by atoms with Gasteiger partial charge in [-0.05, 0) is 45.1 Å². The second-order valence-corrected chi connectivity index (χ2v) is 15.8. The van der Waals surface area contributed by atoms with Crippen molar-refractivity contribution in [1.82, 2.24) is 0 Å². The molecule has 0 spiro atoms. The van der Waals surface area contributed by atoms with Gasteiger partial charge in [0.25, 0.3) is 27.9 Å². The van der Waals surface area contributed by atoms with Gasteiger partial charge < -0.3 is 16.5 Å².